The van der Waals surface area contributed by atoms with Crippen LogP contribution >= 0.6 is 15.9 Å². The van der Waals surface area contributed by atoms with E-state index < -0.39 is 0 Å². The molecule has 0 saturated carbocycles. The van der Waals surface area contributed by atoms with Crippen molar-refractivity contribution >= 4 is 21.6 Å². The van der Waals surface area contributed by atoms with Crippen LogP contribution in [0.1, 0.15) is 24.8 Å². The maximum atomic E-state index is 3.64. The zero-order valence-electron chi connectivity index (χ0n) is 9.72. The van der Waals surface area contributed by atoms with Crippen LogP contribution in [-0.2, 0) is 0 Å². The van der Waals surface area contributed by atoms with E-state index in [0.717, 1.165) is 17.6 Å². The quantitative estimate of drug-likeness (QED) is 0.870. The van der Waals surface area contributed by atoms with Gasteiger partial charge in [0.05, 0.1) is 0 Å². The summed E-state index contributed by atoms with van der Waals surface area (Å²) in [6, 6.07) is 7.06. The molecule has 1 aliphatic rings. The van der Waals surface area contributed by atoms with Crippen LogP contribution in [0, 0.1) is 6.92 Å². The van der Waals surface area contributed by atoms with E-state index in [2.05, 4.69) is 51.7 Å². The Kier molecular flexibility index (Phi) is 4.24. The molecule has 2 nitrogen and oxygen atoms in total. The Morgan fingerprint density at radius 1 is 1.31 bits per heavy atom. The largest absolute Gasteiger partial charge is 0.381 e. The van der Waals surface area contributed by atoms with E-state index in [-0.39, 0.29) is 0 Å². The Morgan fingerprint density at radius 3 is 3.06 bits per heavy atom. The predicted octanol–water partition coefficient (Wildman–Crippen LogP) is 3.31. The molecule has 16 heavy (non-hydrogen) atoms. The van der Waals surface area contributed by atoms with E-state index >= 15 is 0 Å². The second kappa shape index (κ2) is 5.69. The van der Waals surface area contributed by atoms with Crippen LogP contribution in [0.2, 0.25) is 0 Å². The molecule has 0 aromatic heterocycles. The van der Waals surface area contributed by atoms with Crippen molar-refractivity contribution in [3.8, 4) is 0 Å². The molecule has 1 aliphatic heterocycles. The number of nitrogens with one attached hydrogen (secondary N) is 2. The highest BCUT2D eigenvalue weighted by molar-refractivity contribution is 9.10. The summed E-state index contributed by atoms with van der Waals surface area (Å²) in [6.07, 6.45) is 3.73. The van der Waals surface area contributed by atoms with Gasteiger partial charge in [0.15, 0.2) is 0 Å². The van der Waals surface area contributed by atoms with Gasteiger partial charge in [0.25, 0.3) is 0 Å². The Labute approximate surface area is 106 Å². The molecule has 0 spiro atoms. The first kappa shape index (κ1) is 11.9. The van der Waals surface area contributed by atoms with Crippen LogP contribution in [0.3, 0.4) is 0 Å². The molecule has 1 heterocycles. The minimum Gasteiger partial charge on any atom is -0.381 e. The molecule has 1 aromatic carbocycles. The van der Waals surface area contributed by atoms with E-state index in [1.165, 1.54) is 30.5 Å². The van der Waals surface area contributed by atoms with Crippen LogP contribution in [0.15, 0.2) is 22.7 Å². The maximum absolute atomic E-state index is 3.64. The molecule has 3 heteroatoms. The number of anilines is 1. The molecule has 1 unspecified atom stereocenters. The van der Waals surface area contributed by atoms with Crippen molar-refractivity contribution in [2.75, 3.05) is 18.4 Å². The minimum absolute atomic E-state index is 0.605. The summed E-state index contributed by atoms with van der Waals surface area (Å²) in [5.74, 6) is 0. The topological polar surface area (TPSA) is 24.1 Å². The lowest BCUT2D eigenvalue weighted by molar-refractivity contribution is 0.637. The number of aryl methyl sites for hydroxylation is 1. The molecular weight excluding hydrogens is 264 g/mol. The summed E-state index contributed by atoms with van der Waals surface area (Å²) in [7, 11) is 0. The fourth-order valence-corrected chi connectivity index (χ4v) is 2.49. The monoisotopic (exact) mass is 282 g/mol. The molecule has 1 aromatic rings. The summed E-state index contributed by atoms with van der Waals surface area (Å²) < 4.78 is 1.16. The molecule has 2 N–H and O–H groups in total. The predicted molar refractivity (Wildman–Crippen MR) is 73.0 cm³/mol. The van der Waals surface area contributed by atoms with Crippen LogP contribution in [-0.4, -0.2) is 19.1 Å². The summed E-state index contributed by atoms with van der Waals surface area (Å²) in [6.45, 7) is 4.42. The van der Waals surface area contributed by atoms with Gasteiger partial charge in [-0.2, -0.15) is 0 Å². The van der Waals surface area contributed by atoms with E-state index in [1.807, 2.05) is 0 Å². The van der Waals surface area contributed by atoms with Gasteiger partial charge in [0, 0.05) is 16.2 Å². The third-order valence-electron chi connectivity index (χ3n) is 3.06. The Morgan fingerprint density at radius 2 is 2.19 bits per heavy atom. The number of hydrogen-bond donors (Lipinski definition) is 2. The van der Waals surface area contributed by atoms with Crippen LogP contribution in [0.5, 0.6) is 0 Å². The highest BCUT2D eigenvalue weighted by atomic mass is 79.9. The van der Waals surface area contributed by atoms with Gasteiger partial charge in [-0.25, -0.2) is 0 Å². The average Bonchev–Trinajstić information content (AvgIpc) is 2.52. The fourth-order valence-electron chi connectivity index (χ4n) is 2.13. The smallest absolute Gasteiger partial charge is 0.0489 e. The van der Waals surface area contributed by atoms with Gasteiger partial charge < -0.3 is 10.6 Å². The van der Waals surface area contributed by atoms with E-state index in [9.17, 15) is 0 Å². The zero-order chi connectivity index (χ0) is 11.4. The van der Waals surface area contributed by atoms with Crippen molar-refractivity contribution < 1.29 is 0 Å². The van der Waals surface area contributed by atoms with E-state index in [1.54, 1.807) is 0 Å². The molecule has 0 aliphatic carbocycles. The number of benzene rings is 1. The highest BCUT2D eigenvalue weighted by Crippen LogP contribution is 2.25. The van der Waals surface area contributed by atoms with Gasteiger partial charge in [-0.15, -0.1) is 0 Å². The summed E-state index contributed by atoms with van der Waals surface area (Å²) >= 11 is 3.60. The standard InChI is InChI=1S/C13H19BrN2/c1-10-4-5-12(14)13(9-10)16-11-3-2-7-15-8-6-11/h4-5,9,11,15-16H,2-3,6-8H2,1H3. The molecule has 1 saturated heterocycles. The van der Waals surface area contributed by atoms with Crippen LogP contribution in [0.4, 0.5) is 5.69 Å². The maximum Gasteiger partial charge on any atom is 0.0489 e. The highest BCUT2D eigenvalue weighted by Gasteiger charge is 2.12. The van der Waals surface area contributed by atoms with Gasteiger partial charge in [0.2, 0.25) is 0 Å². The van der Waals surface area contributed by atoms with E-state index in [4.69, 9.17) is 0 Å². The third kappa shape index (κ3) is 3.22. The normalized spacial score (nSPS) is 21.5. The zero-order valence-corrected chi connectivity index (χ0v) is 11.3. The molecule has 2 rings (SSSR count). The Bertz CT molecular complexity index is 344. The number of halogens is 1. The molecule has 0 amide bonds. The Hall–Kier alpha value is -0.540. The molecular formula is C13H19BrN2. The van der Waals surface area contributed by atoms with Crippen molar-refractivity contribution in [1.82, 2.24) is 5.32 Å². The van der Waals surface area contributed by atoms with Crippen molar-refractivity contribution in [3.63, 3.8) is 0 Å². The SMILES string of the molecule is Cc1ccc(Br)c(NC2CCCNCC2)c1. The second-order valence-corrected chi connectivity index (χ2v) is 5.36. The number of rotatable bonds is 2. The summed E-state index contributed by atoms with van der Waals surface area (Å²) in [5, 5.41) is 7.08. The first-order valence-corrected chi connectivity index (χ1v) is 6.78. The number of hydrogen-bond acceptors (Lipinski definition) is 2. The van der Waals surface area contributed by atoms with Crippen molar-refractivity contribution in [2.24, 2.45) is 0 Å². The first-order chi connectivity index (χ1) is 7.75. The van der Waals surface area contributed by atoms with Crippen molar-refractivity contribution in [3.05, 3.63) is 28.2 Å². The van der Waals surface area contributed by atoms with Gasteiger partial charge in [-0.3, -0.25) is 0 Å². The Balaban J connectivity index is 2.04. The van der Waals surface area contributed by atoms with Gasteiger partial charge in [-0.1, -0.05) is 6.07 Å². The summed E-state index contributed by atoms with van der Waals surface area (Å²) in [4.78, 5) is 0. The van der Waals surface area contributed by atoms with Crippen LogP contribution in [0.25, 0.3) is 0 Å². The molecule has 88 valence electrons. The first-order valence-electron chi connectivity index (χ1n) is 5.99. The minimum atomic E-state index is 0.605. The lowest BCUT2D eigenvalue weighted by Gasteiger charge is -2.18. The molecule has 0 radical (unpaired) electrons. The summed E-state index contributed by atoms with van der Waals surface area (Å²) in [5.41, 5.74) is 2.53. The third-order valence-corrected chi connectivity index (χ3v) is 3.75. The van der Waals surface area contributed by atoms with Crippen molar-refractivity contribution in [1.29, 1.82) is 0 Å². The average molecular weight is 283 g/mol. The second-order valence-electron chi connectivity index (χ2n) is 4.51. The van der Waals surface area contributed by atoms with Gasteiger partial charge in [0.1, 0.15) is 0 Å². The molecule has 1 atom stereocenters. The van der Waals surface area contributed by atoms with Gasteiger partial charge >= 0.3 is 0 Å². The fraction of sp³-hybridized carbons (Fsp3) is 0.538. The molecule has 0 bridgehead atoms. The lowest BCUT2D eigenvalue weighted by atomic mass is 10.1. The van der Waals surface area contributed by atoms with Crippen molar-refractivity contribution in [2.45, 2.75) is 32.2 Å². The van der Waals surface area contributed by atoms with Gasteiger partial charge in [-0.05, 0) is 72.9 Å². The lowest BCUT2D eigenvalue weighted by Crippen LogP contribution is -2.21. The van der Waals surface area contributed by atoms with Crippen LogP contribution < -0.4 is 10.6 Å². The van der Waals surface area contributed by atoms with E-state index in [0.29, 0.717) is 6.04 Å². The molecule has 1 fully saturated rings.